The molecule has 0 aromatic heterocycles. The first-order valence-electron chi connectivity index (χ1n) is 29.6. The van der Waals surface area contributed by atoms with Gasteiger partial charge >= 0.3 is 5.97 Å². The van der Waals surface area contributed by atoms with Crippen LogP contribution < -0.4 is 5.32 Å². The first-order chi connectivity index (χ1) is 32.5. The summed E-state index contributed by atoms with van der Waals surface area (Å²) in [4.78, 5) is 24.5. The second kappa shape index (κ2) is 55.9. The van der Waals surface area contributed by atoms with Gasteiger partial charge < -0.3 is 20.3 Å². The zero-order valence-electron chi connectivity index (χ0n) is 44.4. The molecular formula is C60H115NO5. The fourth-order valence-electron chi connectivity index (χ4n) is 9.16. The highest BCUT2D eigenvalue weighted by atomic mass is 16.5. The predicted molar refractivity (Wildman–Crippen MR) is 287 cm³/mol. The number of carbonyl (C=O) groups is 2. The van der Waals surface area contributed by atoms with Crippen molar-refractivity contribution in [2.75, 3.05) is 13.2 Å². The number of unbranched alkanes of at least 4 members (excludes halogenated alkanes) is 42. The van der Waals surface area contributed by atoms with Crippen LogP contribution in [0.1, 0.15) is 322 Å². The number of esters is 1. The Kier molecular flexibility index (Phi) is 54.5. The van der Waals surface area contributed by atoms with Crippen molar-refractivity contribution in [3.05, 3.63) is 24.3 Å². The summed E-state index contributed by atoms with van der Waals surface area (Å²) in [7, 11) is 0. The highest BCUT2D eigenvalue weighted by molar-refractivity contribution is 5.76. The van der Waals surface area contributed by atoms with Gasteiger partial charge in [0.05, 0.1) is 25.4 Å². The molecule has 3 N–H and O–H groups in total. The van der Waals surface area contributed by atoms with Gasteiger partial charge in [0.2, 0.25) is 5.91 Å². The number of aliphatic hydroxyl groups is 2. The van der Waals surface area contributed by atoms with Gasteiger partial charge in [-0.2, -0.15) is 0 Å². The highest BCUT2D eigenvalue weighted by Gasteiger charge is 2.18. The van der Waals surface area contributed by atoms with Crippen LogP contribution in [0, 0.1) is 0 Å². The second-order valence-corrected chi connectivity index (χ2v) is 20.3. The van der Waals surface area contributed by atoms with Gasteiger partial charge in [0.1, 0.15) is 0 Å². The number of carbonyl (C=O) groups excluding carboxylic acids is 2. The summed E-state index contributed by atoms with van der Waals surface area (Å²) in [5, 5.41) is 23.1. The van der Waals surface area contributed by atoms with Crippen LogP contribution in [-0.2, 0) is 14.3 Å². The molecule has 2 atom stereocenters. The molecule has 0 bridgehead atoms. The van der Waals surface area contributed by atoms with E-state index in [0.717, 1.165) is 51.4 Å². The van der Waals surface area contributed by atoms with Crippen LogP contribution in [0.4, 0.5) is 0 Å². The Morgan fingerprint density at radius 3 is 1.08 bits per heavy atom. The van der Waals surface area contributed by atoms with Gasteiger partial charge in [0.25, 0.3) is 0 Å². The lowest BCUT2D eigenvalue weighted by atomic mass is 10.0. The number of aliphatic hydroxyl groups excluding tert-OH is 2. The Hall–Kier alpha value is -1.66. The van der Waals surface area contributed by atoms with Crippen LogP contribution >= 0.6 is 0 Å². The van der Waals surface area contributed by atoms with Gasteiger partial charge in [0.15, 0.2) is 0 Å². The molecule has 0 aliphatic rings. The summed E-state index contributed by atoms with van der Waals surface area (Å²) in [5.74, 6) is -0.0714. The van der Waals surface area contributed by atoms with E-state index in [0.29, 0.717) is 19.4 Å². The van der Waals surface area contributed by atoms with E-state index in [1.807, 2.05) is 6.08 Å². The fourth-order valence-corrected chi connectivity index (χ4v) is 9.16. The Morgan fingerprint density at radius 2 is 0.712 bits per heavy atom. The Morgan fingerprint density at radius 1 is 0.409 bits per heavy atom. The van der Waals surface area contributed by atoms with E-state index in [1.165, 1.54) is 244 Å². The molecule has 0 aromatic rings. The minimum absolute atomic E-state index is 0.00409. The van der Waals surface area contributed by atoms with Crippen LogP contribution in [-0.4, -0.2) is 47.4 Å². The third kappa shape index (κ3) is 51.7. The minimum atomic E-state index is -0.850. The normalized spacial score (nSPS) is 12.7. The standard InChI is InChI=1S/C60H115NO5/c1-3-5-7-9-11-13-15-17-18-19-23-26-29-32-36-40-44-48-52-58(63)57(56-62)61-59(64)53-49-45-41-37-33-30-27-24-21-20-22-25-28-31-35-39-43-47-51-55-66-60(65)54-50-46-42-38-34-16-14-12-10-8-6-4-2/h20-21,48,52,57-58,62-63H,3-19,22-47,49-51,53-56H2,1-2H3,(H,61,64)/b21-20-,52-48+. The summed E-state index contributed by atoms with van der Waals surface area (Å²) < 4.78 is 5.46. The third-order valence-electron chi connectivity index (χ3n) is 13.7. The number of ether oxygens (including phenoxy) is 1. The van der Waals surface area contributed by atoms with E-state index in [2.05, 4.69) is 31.3 Å². The Bertz CT molecular complexity index is 1030. The summed E-state index contributed by atoms with van der Waals surface area (Å²) in [6.07, 6.45) is 67.7. The first-order valence-corrected chi connectivity index (χ1v) is 29.6. The number of amides is 1. The van der Waals surface area contributed by atoms with E-state index in [9.17, 15) is 19.8 Å². The van der Waals surface area contributed by atoms with Crippen LogP contribution in [0.15, 0.2) is 24.3 Å². The van der Waals surface area contributed by atoms with Crippen molar-refractivity contribution in [1.29, 1.82) is 0 Å². The first kappa shape index (κ1) is 64.3. The molecule has 0 saturated carbocycles. The van der Waals surface area contributed by atoms with Crippen LogP contribution in [0.3, 0.4) is 0 Å². The maximum absolute atomic E-state index is 12.5. The zero-order chi connectivity index (χ0) is 47.9. The third-order valence-corrected chi connectivity index (χ3v) is 13.7. The lowest BCUT2D eigenvalue weighted by molar-refractivity contribution is -0.143. The largest absolute Gasteiger partial charge is 0.466 e. The van der Waals surface area contributed by atoms with Crippen molar-refractivity contribution < 1.29 is 24.5 Å². The van der Waals surface area contributed by atoms with Gasteiger partial charge in [-0.15, -0.1) is 0 Å². The maximum Gasteiger partial charge on any atom is 0.305 e. The van der Waals surface area contributed by atoms with Gasteiger partial charge in [-0.1, -0.05) is 276 Å². The highest BCUT2D eigenvalue weighted by Crippen LogP contribution is 2.17. The number of allylic oxidation sites excluding steroid dienone is 3. The number of hydrogen-bond donors (Lipinski definition) is 3. The predicted octanol–water partition coefficient (Wildman–Crippen LogP) is 18.2. The van der Waals surface area contributed by atoms with E-state index in [-0.39, 0.29) is 18.5 Å². The van der Waals surface area contributed by atoms with E-state index in [4.69, 9.17) is 4.74 Å². The summed E-state index contributed by atoms with van der Waals surface area (Å²) >= 11 is 0. The van der Waals surface area contributed by atoms with Gasteiger partial charge in [-0.05, 0) is 57.8 Å². The molecule has 0 saturated heterocycles. The quantitative estimate of drug-likeness (QED) is 0.0321. The molecular weight excluding hydrogens is 815 g/mol. The smallest absolute Gasteiger partial charge is 0.305 e. The number of hydrogen-bond acceptors (Lipinski definition) is 5. The molecule has 0 aliphatic carbocycles. The Balaban J connectivity index is 3.47. The van der Waals surface area contributed by atoms with Crippen molar-refractivity contribution in [1.82, 2.24) is 5.32 Å². The monoisotopic (exact) mass is 930 g/mol. The van der Waals surface area contributed by atoms with Crippen molar-refractivity contribution >= 4 is 11.9 Å². The molecule has 6 nitrogen and oxygen atoms in total. The maximum atomic E-state index is 12.5. The van der Waals surface area contributed by atoms with Crippen molar-refractivity contribution in [2.24, 2.45) is 0 Å². The molecule has 0 radical (unpaired) electrons. The lowest BCUT2D eigenvalue weighted by Gasteiger charge is -2.20. The molecule has 0 aromatic carbocycles. The molecule has 0 aliphatic heterocycles. The summed E-state index contributed by atoms with van der Waals surface area (Å²) in [6.45, 7) is 4.91. The molecule has 66 heavy (non-hydrogen) atoms. The molecule has 0 fully saturated rings. The van der Waals surface area contributed by atoms with Crippen molar-refractivity contribution in [2.45, 2.75) is 334 Å². The zero-order valence-corrected chi connectivity index (χ0v) is 44.4. The summed E-state index contributed by atoms with van der Waals surface area (Å²) in [6, 6.07) is -0.635. The fraction of sp³-hybridized carbons (Fsp3) is 0.900. The van der Waals surface area contributed by atoms with Crippen LogP contribution in [0.5, 0.6) is 0 Å². The molecule has 1 amide bonds. The molecule has 2 unspecified atom stereocenters. The average molecular weight is 931 g/mol. The molecule has 0 rings (SSSR count). The van der Waals surface area contributed by atoms with Crippen molar-refractivity contribution in [3.8, 4) is 0 Å². The van der Waals surface area contributed by atoms with Gasteiger partial charge in [-0.3, -0.25) is 9.59 Å². The van der Waals surface area contributed by atoms with Crippen LogP contribution in [0.2, 0.25) is 0 Å². The molecule has 0 heterocycles. The SMILES string of the molecule is CCCCCCCCCCCCCCCCCC/C=C/C(O)C(CO)NC(=O)CCCCCCCCC/C=C\CCCCCCCCCCOC(=O)CCCCCCCCCCCCCC. The van der Waals surface area contributed by atoms with Crippen LogP contribution in [0.25, 0.3) is 0 Å². The van der Waals surface area contributed by atoms with E-state index >= 15 is 0 Å². The van der Waals surface area contributed by atoms with Crippen molar-refractivity contribution in [3.63, 3.8) is 0 Å². The minimum Gasteiger partial charge on any atom is -0.466 e. The number of nitrogens with one attached hydrogen (secondary N) is 1. The Labute approximate surface area is 411 Å². The molecule has 390 valence electrons. The molecule has 0 spiro atoms. The molecule has 6 heteroatoms. The van der Waals surface area contributed by atoms with Gasteiger partial charge in [0, 0.05) is 12.8 Å². The topological polar surface area (TPSA) is 95.9 Å². The summed E-state index contributed by atoms with van der Waals surface area (Å²) in [5.41, 5.74) is 0. The average Bonchev–Trinajstić information content (AvgIpc) is 3.32. The number of rotatable bonds is 55. The van der Waals surface area contributed by atoms with E-state index < -0.39 is 12.1 Å². The lowest BCUT2D eigenvalue weighted by Crippen LogP contribution is -2.45. The van der Waals surface area contributed by atoms with E-state index in [1.54, 1.807) is 6.08 Å². The second-order valence-electron chi connectivity index (χ2n) is 20.3. The van der Waals surface area contributed by atoms with Gasteiger partial charge in [-0.25, -0.2) is 0 Å².